The van der Waals surface area contributed by atoms with Gasteiger partial charge in [-0.3, -0.25) is 9.59 Å². The summed E-state index contributed by atoms with van der Waals surface area (Å²) in [5.74, 6) is 1.35. The van der Waals surface area contributed by atoms with Crippen LogP contribution in [0.5, 0.6) is 0 Å². The van der Waals surface area contributed by atoms with Gasteiger partial charge in [-0.15, -0.1) is 0 Å². The van der Waals surface area contributed by atoms with Gasteiger partial charge in [0.15, 0.2) is 0 Å². The van der Waals surface area contributed by atoms with E-state index in [4.69, 9.17) is 0 Å². The molecule has 1 N–H and O–H groups in total. The Morgan fingerprint density at radius 3 is 2.70 bits per heavy atom. The van der Waals surface area contributed by atoms with E-state index in [9.17, 15) is 9.59 Å². The van der Waals surface area contributed by atoms with E-state index >= 15 is 0 Å². The first-order valence-corrected chi connectivity index (χ1v) is 9.15. The minimum Gasteiger partial charge on any atom is -0.344 e. The molecule has 2 amide bonds. The third kappa shape index (κ3) is 6.16. The molecule has 4 nitrogen and oxygen atoms in total. The van der Waals surface area contributed by atoms with Gasteiger partial charge in [-0.2, -0.15) is 11.8 Å². The maximum absolute atomic E-state index is 12.4. The van der Waals surface area contributed by atoms with Crippen LogP contribution in [0.1, 0.15) is 51.9 Å². The highest BCUT2D eigenvalue weighted by Gasteiger charge is 2.28. The second-order valence-electron chi connectivity index (χ2n) is 5.39. The largest absolute Gasteiger partial charge is 0.344 e. The molecule has 1 unspecified atom stereocenters. The van der Waals surface area contributed by atoms with E-state index in [2.05, 4.69) is 11.6 Å². The number of unbranched alkanes of at least 4 members (excludes halogenated alkanes) is 3. The molecule has 0 radical (unpaired) electrons. The Labute approximate surface area is 127 Å². The minimum atomic E-state index is -0.300. The van der Waals surface area contributed by atoms with Crippen LogP contribution in [0.4, 0.5) is 0 Å². The lowest BCUT2D eigenvalue weighted by atomic mass is 10.1. The summed E-state index contributed by atoms with van der Waals surface area (Å²) in [5, 5.41) is 2.84. The second kappa shape index (κ2) is 10.1. The number of hydrogen-bond donors (Lipinski definition) is 1. The van der Waals surface area contributed by atoms with Crippen molar-refractivity contribution < 1.29 is 9.59 Å². The number of rotatable bonds is 9. The van der Waals surface area contributed by atoms with E-state index in [1.165, 1.54) is 25.0 Å². The van der Waals surface area contributed by atoms with Gasteiger partial charge < -0.3 is 10.2 Å². The van der Waals surface area contributed by atoms with Gasteiger partial charge in [0.05, 0.1) is 0 Å². The van der Waals surface area contributed by atoms with E-state index < -0.39 is 0 Å². The van der Waals surface area contributed by atoms with E-state index in [1.54, 1.807) is 0 Å². The van der Waals surface area contributed by atoms with Crippen LogP contribution in [0, 0.1) is 0 Å². The molecule has 0 spiro atoms. The first kappa shape index (κ1) is 17.3. The van der Waals surface area contributed by atoms with Crippen LogP contribution in [-0.4, -0.2) is 47.9 Å². The molecule has 1 heterocycles. The Morgan fingerprint density at radius 1 is 1.25 bits per heavy atom. The van der Waals surface area contributed by atoms with Gasteiger partial charge in [0.25, 0.3) is 0 Å². The minimum absolute atomic E-state index is 0.0132. The van der Waals surface area contributed by atoms with Gasteiger partial charge in [-0.1, -0.05) is 26.2 Å². The Bertz CT molecular complexity index is 310. The number of carbonyl (C=O) groups excluding carboxylic acids is 2. The SMILES string of the molecule is CCCC1NC(=O)CCN(CCCCCCSC)C1=O. The van der Waals surface area contributed by atoms with Gasteiger partial charge in [-0.25, -0.2) is 0 Å². The molecule has 1 aliphatic heterocycles. The Balaban J connectivity index is 2.34. The number of nitrogens with zero attached hydrogens (tertiary/aromatic N) is 1. The normalized spacial score (nSPS) is 19.9. The lowest BCUT2D eigenvalue weighted by Gasteiger charge is -2.23. The van der Waals surface area contributed by atoms with E-state index in [0.717, 1.165) is 25.8 Å². The first-order valence-electron chi connectivity index (χ1n) is 7.76. The van der Waals surface area contributed by atoms with Crippen LogP contribution in [0.3, 0.4) is 0 Å². The predicted molar refractivity (Wildman–Crippen MR) is 84.9 cm³/mol. The monoisotopic (exact) mass is 300 g/mol. The van der Waals surface area contributed by atoms with Crippen LogP contribution in [0.15, 0.2) is 0 Å². The number of carbonyl (C=O) groups is 2. The third-order valence-electron chi connectivity index (χ3n) is 3.66. The quantitative estimate of drug-likeness (QED) is 0.665. The fourth-order valence-electron chi connectivity index (χ4n) is 2.50. The van der Waals surface area contributed by atoms with E-state index in [1.807, 2.05) is 23.6 Å². The molecule has 0 saturated carbocycles. The average molecular weight is 300 g/mol. The molecule has 1 aliphatic rings. The van der Waals surface area contributed by atoms with Gasteiger partial charge >= 0.3 is 0 Å². The Hall–Kier alpha value is -0.710. The molecular weight excluding hydrogens is 272 g/mol. The third-order valence-corrected chi connectivity index (χ3v) is 4.35. The summed E-state index contributed by atoms with van der Waals surface area (Å²) < 4.78 is 0. The molecule has 0 bridgehead atoms. The lowest BCUT2D eigenvalue weighted by Crippen LogP contribution is -2.44. The molecule has 116 valence electrons. The average Bonchev–Trinajstić information content (AvgIpc) is 2.56. The molecular formula is C15H28N2O2S. The zero-order valence-corrected chi connectivity index (χ0v) is 13.6. The zero-order chi connectivity index (χ0) is 14.8. The Kier molecular flexibility index (Phi) is 8.74. The second-order valence-corrected chi connectivity index (χ2v) is 6.38. The van der Waals surface area contributed by atoms with Gasteiger partial charge in [-0.05, 0) is 31.3 Å². The van der Waals surface area contributed by atoms with Crippen LogP contribution in [0.25, 0.3) is 0 Å². The van der Waals surface area contributed by atoms with Crippen LogP contribution < -0.4 is 5.32 Å². The maximum Gasteiger partial charge on any atom is 0.245 e. The van der Waals surface area contributed by atoms with Crippen molar-refractivity contribution in [2.24, 2.45) is 0 Å². The first-order chi connectivity index (χ1) is 9.69. The number of thioether (sulfide) groups is 1. The summed E-state index contributed by atoms with van der Waals surface area (Å²) in [5.41, 5.74) is 0. The molecule has 1 rings (SSSR count). The fraction of sp³-hybridized carbons (Fsp3) is 0.867. The molecule has 1 saturated heterocycles. The van der Waals surface area contributed by atoms with Gasteiger partial charge in [0, 0.05) is 19.5 Å². The van der Waals surface area contributed by atoms with Crippen molar-refractivity contribution >= 4 is 23.6 Å². The van der Waals surface area contributed by atoms with Crippen molar-refractivity contribution in [3.63, 3.8) is 0 Å². The Morgan fingerprint density at radius 2 is 2.00 bits per heavy atom. The fourth-order valence-corrected chi connectivity index (χ4v) is 3.00. The summed E-state index contributed by atoms with van der Waals surface area (Å²) in [4.78, 5) is 25.9. The summed E-state index contributed by atoms with van der Waals surface area (Å²) in [6.07, 6.45) is 8.95. The summed E-state index contributed by atoms with van der Waals surface area (Å²) >= 11 is 1.89. The van der Waals surface area contributed by atoms with Crippen LogP contribution >= 0.6 is 11.8 Å². The maximum atomic E-state index is 12.4. The molecule has 1 atom stereocenters. The topological polar surface area (TPSA) is 49.4 Å². The van der Waals surface area contributed by atoms with Crippen LogP contribution in [0.2, 0.25) is 0 Å². The molecule has 0 aliphatic carbocycles. The molecule has 5 heteroatoms. The van der Waals surface area contributed by atoms with Crippen molar-refractivity contribution in [2.45, 2.75) is 57.9 Å². The zero-order valence-electron chi connectivity index (χ0n) is 12.8. The molecule has 1 fully saturated rings. The van der Waals surface area contributed by atoms with E-state index in [0.29, 0.717) is 13.0 Å². The molecule has 0 aromatic carbocycles. The molecule has 20 heavy (non-hydrogen) atoms. The highest BCUT2D eigenvalue weighted by atomic mass is 32.2. The summed E-state index contributed by atoms with van der Waals surface area (Å²) in [6.45, 7) is 3.42. The van der Waals surface area contributed by atoms with E-state index in [-0.39, 0.29) is 17.9 Å². The summed E-state index contributed by atoms with van der Waals surface area (Å²) in [7, 11) is 0. The van der Waals surface area contributed by atoms with Crippen LogP contribution in [-0.2, 0) is 9.59 Å². The van der Waals surface area contributed by atoms with Crippen molar-refractivity contribution in [3.05, 3.63) is 0 Å². The molecule has 0 aromatic rings. The van der Waals surface area contributed by atoms with Crippen molar-refractivity contribution in [1.29, 1.82) is 0 Å². The van der Waals surface area contributed by atoms with Gasteiger partial charge in [0.1, 0.15) is 6.04 Å². The lowest BCUT2D eigenvalue weighted by molar-refractivity contribution is -0.133. The predicted octanol–water partition coefficient (Wildman–Crippen LogP) is 2.43. The number of hydrogen-bond acceptors (Lipinski definition) is 3. The number of amides is 2. The smallest absolute Gasteiger partial charge is 0.245 e. The standard InChI is InChI=1S/C15H28N2O2S/c1-3-8-13-15(19)17(11-9-14(18)16-13)10-6-4-5-7-12-20-2/h13H,3-12H2,1-2H3,(H,16,18). The highest BCUT2D eigenvalue weighted by Crippen LogP contribution is 2.11. The van der Waals surface area contributed by atoms with Crippen molar-refractivity contribution in [1.82, 2.24) is 10.2 Å². The summed E-state index contributed by atoms with van der Waals surface area (Å²) in [6, 6.07) is -0.300. The highest BCUT2D eigenvalue weighted by molar-refractivity contribution is 7.98. The van der Waals surface area contributed by atoms with Gasteiger partial charge in [0.2, 0.25) is 11.8 Å². The number of nitrogens with one attached hydrogen (secondary N) is 1. The molecule has 0 aromatic heterocycles. The van der Waals surface area contributed by atoms with Crippen molar-refractivity contribution in [3.8, 4) is 0 Å². The van der Waals surface area contributed by atoms with Crippen molar-refractivity contribution in [2.75, 3.05) is 25.1 Å².